The van der Waals surface area contributed by atoms with Gasteiger partial charge in [0.2, 0.25) is 5.82 Å². The van der Waals surface area contributed by atoms with E-state index >= 15 is 0 Å². The van der Waals surface area contributed by atoms with Gasteiger partial charge in [-0.25, -0.2) is 13.2 Å². The van der Waals surface area contributed by atoms with Gasteiger partial charge in [-0.3, -0.25) is 0 Å². The lowest BCUT2D eigenvalue weighted by molar-refractivity contribution is 0.299. The quantitative estimate of drug-likeness (QED) is 0.425. The zero-order valence-corrected chi connectivity index (χ0v) is 17.0. The van der Waals surface area contributed by atoms with Crippen LogP contribution in [0.25, 0.3) is 11.1 Å². The molecule has 0 heterocycles. The fourth-order valence-corrected chi connectivity index (χ4v) is 4.35. The van der Waals surface area contributed by atoms with Crippen molar-refractivity contribution in [3.8, 4) is 16.9 Å². The summed E-state index contributed by atoms with van der Waals surface area (Å²) in [6.45, 7) is 3.99. The van der Waals surface area contributed by atoms with Crippen LogP contribution in [-0.2, 0) is 0 Å². The van der Waals surface area contributed by atoms with Crippen molar-refractivity contribution in [2.75, 3.05) is 6.61 Å². The predicted octanol–water partition coefficient (Wildman–Crippen LogP) is 7.77. The molecule has 2 aromatic rings. The molecule has 0 saturated heterocycles. The highest BCUT2D eigenvalue weighted by molar-refractivity contribution is 5.66. The zero-order valence-electron chi connectivity index (χ0n) is 17.0. The van der Waals surface area contributed by atoms with Crippen LogP contribution in [0.15, 0.2) is 24.3 Å². The number of unbranched alkanes of at least 4 members (excludes halogenated alkanes) is 1. The standard InChI is InChI=1S/C24H28F4O/c1-3-5-6-15-7-9-16(10-8-15)17-11-12-18(22(26)21(17)25)19-13-14-20(29-4-2)24(28)23(19)27/h11-16H,3-10H2,1-2H3. The molecule has 29 heavy (non-hydrogen) atoms. The molecule has 2 aromatic carbocycles. The summed E-state index contributed by atoms with van der Waals surface area (Å²) in [5, 5.41) is 0. The maximum Gasteiger partial charge on any atom is 0.201 e. The smallest absolute Gasteiger partial charge is 0.201 e. The van der Waals surface area contributed by atoms with E-state index in [-0.39, 0.29) is 29.4 Å². The normalized spacial score (nSPS) is 19.4. The van der Waals surface area contributed by atoms with Gasteiger partial charge in [-0.1, -0.05) is 38.3 Å². The van der Waals surface area contributed by atoms with Crippen LogP contribution in [0.4, 0.5) is 17.6 Å². The van der Waals surface area contributed by atoms with E-state index in [1.54, 1.807) is 6.92 Å². The molecular weight excluding hydrogens is 380 g/mol. The average molecular weight is 408 g/mol. The van der Waals surface area contributed by atoms with Gasteiger partial charge in [-0.15, -0.1) is 0 Å². The topological polar surface area (TPSA) is 9.23 Å². The summed E-state index contributed by atoms with van der Waals surface area (Å²) in [7, 11) is 0. The molecule has 1 fully saturated rings. The van der Waals surface area contributed by atoms with Crippen LogP contribution < -0.4 is 4.74 Å². The van der Waals surface area contributed by atoms with Crippen LogP contribution in [0.1, 0.15) is 70.3 Å². The molecule has 1 saturated carbocycles. The first-order chi connectivity index (χ1) is 14.0. The Morgan fingerprint density at radius 1 is 0.793 bits per heavy atom. The summed E-state index contributed by atoms with van der Waals surface area (Å²) < 4.78 is 63.3. The maximum atomic E-state index is 14.8. The highest BCUT2D eigenvalue weighted by Crippen LogP contribution is 2.41. The van der Waals surface area contributed by atoms with Crippen LogP contribution in [0, 0.1) is 29.2 Å². The van der Waals surface area contributed by atoms with Gasteiger partial charge < -0.3 is 4.74 Å². The Kier molecular flexibility index (Phi) is 7.20. The average Bonchev–Trinajstić information content (AvgIpc) is 2.73. The Bertz CT molecular complexity index is 841. The number of hydrogen-bond acceptors (Lipinski definition) is 1. The molecule has 1 aliphatic carbocycles. The monoisotopic (exact) mass is 408 g/mol. The molecule has 0 amide bonds. The van der Waals surface area contributed by atoms with E-state index in [0.29, 0.717) is 11.5 Å². The third-order valence-corrected chi connectivity index (χ3v) is 6.00. The molecule has 3 rings (SSSR count). The summed E-state index contributed by atoms with van der Waals surface area (Å²) in [5.74, 6) is -4.12. The second kappa shape index (κ2) is 9.64. The van der Waals surface area contributed by atoms with E-state index in [1.165, 1.54) is 43.5 Å². The van der Waals surface area contributed by atoms with Gasteiger partial charge >= 0.3 is 0 Å². The highest BCUT2D eigenvalue weighted by atomic mass is 19.2. The predicted molar refractivity (Wildman–Crippen MR) is 107 cm³/mol. The number of ether oxygens (including phenoxy) is 1. The van der Waals surface area contributed by atoms with Crippen LogP contribution in [0.5, 0.6) is 5.75 Å². The number of hydrogen-bond donors (Lipinski definition) is 0. The van der Waals surface area contributed by atoms with Crippen molar-refractivity contribution in [1.29, 1.82) is 0 Å². The van der Waals surface area contributed by atoms with Gasteiger partial charge in [-0.05, 0) is 62.1 Å². The van der Waals surface area contributed by atoms with Crippen molar-refractivity contribution in [3.63, 3.8) is 0 Å². The molecule has 0 aromatic heterocycles. The fourth-order valence-electron chi connectivity index (χ4n) is 4.35. The Balaban J connectivity index is 1.83. The van der Waals surface area contributed by atoms with Gasteiger partial charge in [0, 0.05) is 11.1 Å². The first-order valence-corrected chi connectivity index (χ1v) is 10.6. The van der Waals surface area contributed by atoms with E-state index in [9.17, 15) is 17.6 Å². The third kappa shape index (κ3) is 4.59. The third-order valence-electron chi connectivity index (χ3n) is 6.00. The molecule has 5 heteroatoms. The summed E-state index contributed by atoms with van der Waals surface area (Å²) in [5.41, 5.74) is -0.244. The maximum absolute atomic E-state index is 14.8. The van der Waals surface area contributed by atoms with E-state index in [0.717, 1.165) is 25.7 Å². The fraction of sp³-hybridized carbons (Fsp3) is 0.500. The molecular formula is C24H28F4O. The van der Waals surface area contributed by atoms with Crippen molar-refractivity contribution in [2.45, 2.75) is 64.7 Å². The minimum absolute atomic E-state index is 0.0293. The zero-order chi connectivity index (χ0) is 21.0. The second-order valence-electron chi connectivity index (χ2n) is 7.86. The largest absolute Gasteiger partial charge is 0.491 e. The Morgan fingerprint density at radius 2 is 1.41 bits per heavy atom. The first-order valence-electron chi connectivity index (χ1n) is 10.6. The number of halogens is 4. The lowest BCUT2D eigenvalue weighted by atomic mass is 9.76. The molecule has 1 aliphatic rings. The Hall–Kier alpha value is -2.04. The highest BCUT2D eigenvalue weighted by Gasteiger charge is 2.27. The van der Waals surface area contributed by atoms with Crippen molar-refractivity contribution >= 4 is 0 Å². The van der Waals surface area contributed by atoms with Crippen LogP contribution in [0.3, 0.4) is 0 Å². The summed E-state index contributed by atoms with van der Waals surface area (Å²) in [6.07, 6.45) is 7.27. The number of benzene rings is 2. The SMILES string of the molecule is CCCCC1CCC(c2ccc(-c3ccc(OCC)c(F)c3F)c(F)c2F)CC1. The molecule has 0 radical (unpaired) electrons. The van der Waals surface area contributed by atoms with Crippen molar-refractivity contribution in [1.82, 2.24) is 0 Å². The minimum atomic E-state index is -1.24. The van der Waals surface area contributed by atoms with Crippen LogP contribution >= 0.6 is 0 Å². The molecule has 0 spiro atoms. The van der Waals surface area contributed by atoms with Gasteiger partial charge in [0.25, 0.3) is 0 Å². The van der Waals surface area contributed by atoms with Gasteiger partial charge in [0.05, 0.1) is 6.61 Å². The van der Waals surface area contributed by atoms with Crippen LogP contribution in [0.2, 0.25) is 0 Å². The lowest BCUT2D eigenvalue weighted by Gasteiger charge is -2.29. The van der Waals surface area contributed by atoms with Crippen molar-refractivity contribution in [3.05, 3.63) is 53.1 Å². The molecule has 0 unspecified atom stereocenters. The van der Waals surface area contributed by atoms with Crippen molar-refractivity contribution in [2.24, 2.45) is 5.92 Å². The van der Waals surface area contributed by atoms with Gasteiger partial charge in [0.1, 0.15) is 0 Å². The lowest BCUT2D eigenvalue weighted by Crippen LogP contribution is -2.15. The summed E-state index contributed by atoms with van der Waals surface area (Å²) in [4.78, 5) is 0. The molecule has 158 valence electrons. The number of rotatable bonds is 7. The van der Waals surface area contributed by atoms with Crippen LogP contribution in [-0.4, -0.2) is 6.61 Å². The Labute approximate surface area is 170 Å². The van der Waals surface area contributed by atoms with E-state index in [1.807, 2.05) is 0 Å². The van der Waals surface area contributed by atoms with Gasteiger partial charge in [-0.2, -0.15) is 4.39 Å². The Morgan fingerprint density at radius 3 is 2.03 bits per heavy atom. The van der Waals surface area contributed by atoms with Crippen molar-refractivity contribution < 1.29 is 22.3 Å². The molecule has 0 N–H and O–H groups in total. The van der Waals surface area contributed by atoms with E-state index in [2.05, 4.69) is 6.92 Å². The first kappa shape index (κ1) is 21.7. The second-order valence-corrected chi connectivity index (χ2v) is 7.86. The summed E-state index contributed by atoms with van der Waals surface area (Å²) >= 11 is 0. The minimum Gasteiger partial charge on any atom is -0.491 e. The van der Waals surface area contributed by atoms with Gasteiger partial charge in [0.15, 0.2) is 23.2 Å². The molecule has 0 atom stereocenters. The van der Waals surface area contributed by atoms with E-state index in [4.69, 9.17) is 4.74 Å². The molecule has 0 bridgehead atoms. The van der Waals surface area contributed by atoms with E-state index < -0.39 is 23.3 Å². The summed E-state index contributed by atoms with van der Waals surface area (Å²) in [6, 6.07) is 5.34. The molecule has 1 nitrogen and oxygen atoms in total. The molecule has 0 aliphatic heterocycles.